The van der Waals surface area contributed by atoms with E-state index >= 15 is 0 Å². The predicted octanol–water partition coefficient (Wildman–Crippen LogP) is 0.521. The molecule has 1 aliphatic heterocycles. The van der Waals surface area contributed by atoms with Crippen LogP contribution >= 0.6 is 0 Å². The first-order valence-corrected chi connectivity index (χ1v) is 4.17. The van der Waals surface area contributed by atoms with Crippen molar-refractivity contribution >= 4 is 5.97 Å². The van der Waals surface area contributed by atoms with Crippen molar-refractivity contribution in [1.82, 2.24) is 5.32 Å². The van der Waals surface area contributed by atoms with Crippen LogP contribution in [0.1, 0.15) is 6.42 Å². The summed E-state index contributed by atoms with van der Waals surface area (Å²) in [6.07, 6.45) is 5.47. The van der Waals surface area contributed by atoms with Crippen molar-refractivity contribution in [3.63, 3.8) is 0 Å². The second kappa shape index (κ2) is 5.37. The van der Waals surface area contributed by atoms with Gasteiger partial charge in [-0.25, -0.2) is 4.79 Å². The minimum Gasteiger partial charge on any atom is -0.478 e. The third kappa shape index (κ3) is 4.32. The molecule has 2 N–H and O–H groups in total. The Kier molecular flexibility index (Phi) is 4.05. The van der Waals surface area contributed by atoms with E-state index in [4.69, 9.17) is 9.84 Å². The molecule has 0 aromatic carbocycles. The molecule has 0 aromatic heterocycles. The molecule has 13 heavy (non-hydrogen) atoms. The van der Waals surface area contributed by atoms with Crippen LogP contribution in [-0.4, -0.2) is 30.8 Å². The first-order chi connectivity index (χ1) is 6.29. The Balaban J connectivity index is 2.18. The Morgan fingerprint density at radius 1 is 1.77 bits per heavy atom. The molecule has 0 amide bonds. The summed E-state index contributed by atoms with van der Waals surface area (Å²) in [6, 6.07) is 0. The Labute approximate surface area is 76.9 Å². The molecule has 4 nitrogen and oxygen atoms in total. The summed E-state index contributed by atoms with van der Waals surface area (Å²) in [5.74, 6) is -0.937. The van der Waals surface area contributed by atoms with Crippen molar-refractivity contribution in [3.8, 4) is 0 Å². The number of carbonyl (C=O) groups is 1. The van der Waals surface area contributed by atoms with Gasteiger partial charge in [0.05, 0.1) is 13.2 Å². The molecule has 0 radical (unpaired) electrons. The molecule has 0 unspecified atom stereocenters. The zero-order chi connectivity index (χ0) is 9.52. The van der Waals surface area contributed by atoms with Crippen molar-refractivity contribution < 1.29 is 14.6 Å². The number of carboxylic acid groups (broad SMARTS) is 1. The number of ether oxygens (including phenoxy) is 1. The molecular weight excluding hydrogens is 170 g/mol. The lowest BCUT2D eigenvalue weighted by Crippen LogP contribution is -2.15. The molecule has 1 heterocycles. The zero-order valence-electron chi connectivity index (χ0n) is 7.32. The Morgan fingerprint density at radius 3 is 3.23 bits per heavy atom. The molecule has 0 saturated carbocycles. The van der Waals surface area contributed by atoms with E-state index in [-0.39, 0.29) is 0 Å². The van der Waals surface area contributed by atoms with Gasteiger partial charge in [0.15, 0.2) is 0 Å². The Bertz CT molecular complexity index is 233. The number of nitrogens with one attached hydrogen (secondary N) is 1. The van der Waals surface area contributed by atoms with Crippen molar-refractivity contribution in [2.75, 3.05) is 19.8 Å². The molecule has 0 saturated heterocycles. The average Bonchev–Trinajstić information content (AvgIpc) is 2.14. The lowest BCUT2D eigenvalue weighted by molar-refractivity contribution is -0.131. The van der Waals surface area contributed by atoms with E-state index in [0.717, 1.165) is 19.1 Å². The monoisotopic (exact) mass is 183 g/mol. The maximum absolute atomic E-state index is 10.1. The molecule has 0 aliphatic carbocycles. The van der Waals surface area contributed by atoms with Gasteiger partial charge in [0.25, 0.3) is 0 Å². The van der Waals surface area contributed by atoms with E-state index in [1.54, 1.807) is 0 Å². The highest BCUT2D eigenvalue weighted by molar-refractivity contribution is 5.79. The molecule has 0 bridgehead atoms. The van der Waals surface area contributed by atoms with Gasteiger partial charge in [0.2, 0.25) is 0 Å². The van der Waals surface area contributed by atoms with Crippen LogP contribution in [0.5, 0.6) is 0 Å². The zero-order valence-corrected chi connectivity index (χ0v) is 7.32. The van der Waals surface area contributed by atoms with Gasteiger partial charge in [-0.15, -0.1) is 0 Å². The summed E-state index contributed by atoms with van der Waals surface area (Å²) in [7, 11) is 0. The maximum Gasteiger partial charge on any atom is 0.329 e. The van der Waals surface area contributed by atoms with Crippen LogP contribution in [0.3, 0.4) is 0 Å². The summed E-state index contributed by atoms with van der Waals surface area (Å²) < 4.78 is 5.13. The fourth-order valence-corrected chi connectivity index (χ4v) is 1.05. The smallest absolute Gasteiger partial charge is 0.329 e. The number of hydrogen-bond acceptors (Lipinski definition) is 3. The Morgan fingerprint density at radius 2 is 2.62 bits per heavy atom. The van der Waals surface area contributed by atoms with Crippen LogP contribution in [-0.2, 0) is 9.53 Å². The van der Waals surface area contributed by atoms with E-state index in [1.165, 1.54) is 11.8 Å². The molecular formula is C9H13NO3. The molecule has 1 rings (SSSR count). The van der Waals surface area contributed by atoms with E-state index in [1.807, 2.05) is 6.08 Å². The quantitative estimate of drug-likeness (QED) is 0.493. The molecule has 0 spiro atoms. The summed E-state index contributed by atoms with van der Waals surface area (Å²) in [4.78, 5) is 10.1. The van der Waals surface area contributed by atoms with Gasteiger partial charge < -0.3 is 15.2 Å². The van der Waals surface area contributed by atoms with Crippen LogP contribution in [0.2, 0.25) is 0 Å². The van der Waals surface area contributed by atoms with Crippen molar-refractivity contribution in [2.24, 2.45) is 0 Å². The first kappa shape index (κ1) is 9.80. The summed E-state index contributed by atoms with van der Waals surface area (Å²) in [6.45, 7) is 2.13. The fraction of sp³-hybridized carbons (Fsp3) is 0.444. The largest absolute Gasteiger partial charge is 0.478 e. The van der Waals surface area contributed by atoms with Crippen LogP contribution in [0.4, 0.5) is 0 Å². The number of carboxylic acids is 1. The van der Waals surface area contributed by atoms with E-state index < -0.39 is 5.97 Å². The molecule has 0 aromatic rings. The normalized spacial score (nSPS) is 17.1. The summed E-state index contributed by atoms with van der Waals surface area (Å²) in [5.41, 5.74) is 1.27. The summed E-state index contributed by atoms with van der Waals surface area (Å²) in [5, 5.41) is 11.2. The van der Waals surface area contributed by atoms with Crippen LogP contribution in [0.15, 0.2) is 23.9 Å². The highest BCUT2D eigenvalue weighted by Gasteiger charge is 2.01. The van der Waals surface area contributed by atoms with Gasteiger partial charge in [-0.3, -0.25) is 0 Å². The second-order valence-electron chi connectivity index (χ2n) is 2.74. The van der Waals surface area contributed by atoms with E-state index in [0.29, 0.717) is 13.2 Å². The van der Waals surface area contributed by atoms with Crippen molar-refractivity contribution in [2.45, 2.75) is 6.42 Å². The first-order valence-electron chi connectivity index (χ1n) is 4.17. The lowest BCUT2D eigenvalue weighted by atomic mass is 10.1. The SMILES string of the molecule is O=C(O)/C=C/NCC1=CCOCC1. The highest BCUT2D eigenvalue weighted by Crippen LogP contribution is 2.05. The van der Waals surface area contributed by atoms with Gasteiger partial charge in [0.1, 0.15) is 0 Å². The van der Waals surface area contributed by atoms with Crippen LogP contribution in [0.25, 0.3) is 0 Å². The Hall–Kier alpha value is -1.29. The van der Waals surface area contributed by atoms with Gasteiger partial charge in [-0.2, -0.15) is 0 Å². The molecule has 4 heteroatoms. The lowest BCUT2D eigenvalue weighted by Gasteiger charge is -2.12. The minimum absolute atomic E-state index is 0.666. The maximum atomic E-state index is 10.1. The van der Waals surface area contributed by atoms with Gasteiger partial charge in [-0.1, -0.05) is 11.6 Å². The average molecular weight is 183 g/mol. The second-order valence-corrected chi connectivity index (χ2v) is 2.74. The van der Waals surface area contributed by atoms with Crippen molar-refractivity contribution in [3.05, 3.63) is 23.9 Å². The summed E-state index contributed by atoms with van der Waals surface area (Å²) >= 11 is 0. The number of aliphatic carboxylic acids is 1. The van der Waals surface area contributed by atoms with Gasteiger partial charge in [0, 0.05) is 18.8 Å². The van der Waals surface area contributed by atoms with E-state index in [9.17, 15) is 4.79 Å². The molecule has 1 aliphatic rings. The topological polar surface area (TPSA) is 58.6 Å². The van der Waals surface area contributed by atoms with Crippen LogP contribution in [0, 0.1) is 0 Å². The minimum atomic E-state index is -0.937. The standard InChI is InChI=1S/C9H13NO3/c11-9(12)1-4-10-7-8-2-5-13-6-3-8/h1-2,4,10H,3,5-7H2,(H,11,12)/b4-1+. The third-order valence-electron chi connectivity index (χ3n) is 1.73. The van der Waals surface area contributed by atoms with E-state index in [2.05, 4.69) is 5.32 Å². The fourth-order valence-electron chi connectivity index (χ4n) is 1.05. The highest BCUT2D eigenvalue weighted by atomic mass is 16.5. The predicted molar refractivity (Wildman–Crippen MR) is 48.3 cm³/mol. The van der Waals surface area contributed by atoms with Gasteiger partial charge in [-0.05, 0) is 6.42 Å². The number of hydrogen-bond donors (Lipinski definition) is 2. The number of rotatable bonds is 4. The molecule has 72 valence electrons. The molecule has 0 atom stereocenters. The van der Waals surface area contributed by atoms with Crippen LogP contribution < -0.4 is 5.32 Å². The van der Waals surface area contributed by atoms with Gasteiger partial charge >= 0.3 is 5.97 Å². The molecule has 0 fully saturated rings. The third-order valence-corrected chi connectivity index (χ3v) is 1.73. The van der Waals surface area contributed by atoms with Crippen molar-refractivity contribution in [1.29, 1.82) is 0 Å².